The third kappa shape index (κ3) is 6.94. The van der Waals surface area contributed by atoms with Gasteiger partial charge < -0.3 is 10.4 Å². The molecule has 0 fully saturated rings. The molecular weight excluding hydrogens is 194 g/mol. The van der Waals surface area contributed by atoms with Crippen molar-refractivity contribution in [2.24, 2.45) is 0 Å². The van der Waals surface area contributed by atoms with Gasteiger partial charge in [-0.15, -0.1) is 0 Å². The summed E-state index contributed by atoms with van der Waals surface area (Å²) in [6.45, 7) is 3.97. The molecule has 0 spiro atoms. The molecule has 0 rings (SSSR count). The number of nitrogens with one attached hydrogen (secondary N) is 1. The molecule has 88 valence electrons. The van der Waals surface area contributed by atoms with Crippen molar-refractivity contribution in [3.63, 3.8) is 0 Å². The van der Waals surface area contributed by atoms with Gasteiger partial charge in [0.2, 0.25) is 5.91 Å². The van der Waals surface area contributed by atoms with E-state index in [1.54, 1.807) is 0 Å². The number of rotatable bonds is 8. The maximum Gasteiger partial charge on any atom is 0.326 e. The molecule has 0 aliphatic rings. The van der Waals surface area contributed by atoms with Crippen molar-refractivity contribution >= 4 is 11.9 Å². The van der Waals surface area contributed by atoms with Crippen LogP contribution < -0.4 is 5.32 Å². The van der Waals surface area contributed by atoms with Crippen LogP contribution in [0.4, 0.5) is 0 Å². The smallest absolute Gasteiger partial charge is 0.326 e. The monoisotopic (exact) mass is 215 g/mol. The molecular formula is C11H21NO3. The lowest BCUT2D eigenvalue weighted by Crippen LogP contribution is -2.40. The van der Waals surface area contributed by atoms with Crippen molar-refractivity contribution in [3.05, 3.63) is 0 Å². The zero-order valence-corrected chi connectivity index (χ0v) is 9.58. The Morgan fingerprint density at radius 1 is 1.20 bits per heavy atom. The van der Waals surface area contributed by atoms with E-state index in [4.69, 9.17) is 5.11 Å². The number of hydrogen-bond donors (Lipinski definition) is 2. The van der Waals surface area contributed by atoms with E-state index in [1.165, 1.54) is 0 Å². The van der Waals surface area contributed by atoms with Gasteiger partial charge in [-0.2, -0.15) is 0 Å². The van der Waals surface area contributed by atoms with E-state index in [2.05, 4.69) is 12.2 Å². The summed E-state index contributed by atoms with van der Waals surface area (Å²) in [5.41, 5.74) is 0. The van der Waals surface area contributed by atoms with Gasteiger partial charge in [0.25, 0.3) is 0 Å². The molecule has 0 aliphatic carbocycles. The van der Waals surface area contributed by atoms with Crippen molar-refractivity contribution in [1.29, 1.82) is 0 Å². The topological polar surface area (TPSA) is 66.4 Å². The Kier molecular flexibility index (Phi) is 7.68. The van der Waals surface area contributed by atoms with Gasteiger partial charge in [-0.05, 0) is 12.8 Å². The standard InChI is InChI=1S/C11H21NO3/c1-3-5-6-8-10(13)12-9(7-4-2)11(14)15/h9H,3-8H2,1-2H3,(H,12,13)(H,14,15). The van der Waals surface area contributed by atoms with Crippen molar-refractivity contribution in [2.75, 3.05) is 0 Å². The number of carboxylic acids is 1. The van der Waals surface area contributed by atoms with E-state index < -0.39 is 12.0 Å². The fourth-order valence-corrected chi connectivity index (χ4v) is 1.35. The summed E-state index contributed by atoms with van der Waals surface area (Å²) in [6, 6.07) is -0.718. The number of carbonyl (C=O) groups excluding carboxylic acids is 1. The third-order valence-electron chi connectivity index (χ3n) is 2.22. The summed E-state index contributed by atoms with van der Waals surface area (Å²) in [5, 5.41) is 11.3. The summed E-state index contributed by atoms with van der Waals surface area (Å²) in [5.74, 6) is -1.09. The first kappa shape index (κ1) is 13.9. The predicted molar refractivity (Wildman–Crippen MR) is 58.6 cm³/mol. The molecule has 0 bridgehead atoms. The molecule has 1 amide bonds. The van der Waals surface area contributed by atoms with Gasteiger partial charge in [-0.1, -0.05) is 33.1 Å². The van der Waals surface area contributed by atoms with Crippen LogP contribution in [0.2, 0.25) is 0 Å². The minimum atomic E-state index is -0.944. The highest BCUT2D eigenvalue weighted by Crippen LogP contribution is 2.01. The number of carbonyl (C=O) groups is 2. The molecule has 0 heterocycles. The Bertz CT molecular complexity index is 204. The fraction of sp³-hybridized carbons (Fsp3) is 0.818. The highest BCUT2D eigenvalue weighted by atomic mass is 16.4. The van der Waals surface area contributed by atoms with Crippen LogP contribution in [0.15, 0.2) is 0 Å². The van der Waals surface area contributed by atoms with Gasteiger partial charge in [-0.25, -0.2) is 4.79 Å². The maximum absolute atomic E-state index is 11.3. The van der Waals surface area contributed by atoms with Crippen LogP contribution in [0.3, 0.4) is 0 Å². The summed E-state index contributed by atoms with van der Waals surface area (Å²) >= 11 is 0. The lowest BCUT2D eigenvalue weighted by atomic mass is 10.1. The van der Waals surface area contributed by atoms with E-state index in [9.17, 15) is 9.59 Å². The van der Waals surface area contributed by atoms with E-state index in [1.807, 2.05) is 6.92 Å². The normalized spacial score (nSPS) is 12.1. The van der Waals surface area contributed by atoms with Crippen LogP contribution in [-0.4, -0.2) is 23.0 Å². The molecule has 15 heavy (non-hydrogen) atoms. The van der Waals surface area contributed by atoms with Gasteiger partial charge in [0, 0.05) is 6.42 Å². The molecule has 1 atom stereocenters. The Labute approximate surface area is 91.1 Å². The lowest BCUT2D eigenvalue weighted by Gasteiger charge is -2.13. The molecule has 4 heteroatoms. The number of unbranched alkanes of at least 4 members (excludes halogenated alkanes) is 2. The highest BCUT2D eigenvalue weighted by molar-refractivity contribution is 5.83. The van der Waals surface area contributed by atoms with Crippen LogP contribution in [0.5, 0.6) is 0 Å². The SMILES string of the molecule is CCCCCC(=O)NC(CCC)C(=O)O. The van der Waals surface area contributed by atoms with Crippen LogP contribution in [0.1, 0.15) is 52.4 Å². The predicted octanol–water partition coefficient (Wildman–Crippen LogP) is 1.94. The van der Waals surface area contributed by atoms with Crippen molar-refractivity contribution in [2.45, 2.75) is 58.4 Å². The molecule has 0 aliphatic heterocycles. The molecule has 1 unspecified atom stereocenters. The van der Waals surface area contributed by atoms with E-state index >= 15 is 0 Å². The summed E-state index contributed by atoms with van der Waals surface area (Å²) in [4.78, 5) is 22.1. The first-order valence-electron chi connectivity index (χ1n) is 5.64. The quantitative estimate of drug-likeness (QED) is 0.608. The Hall–Kier alpha value is -1.06. The summed E-state index contributed by atoms with van der Waals surface area (Å²) < 4.78 is 0. The van der Waals surface area contributed by atoms with Gasteiger partial charge in [0.05, 0.1) is 0 Å². The number of carboxylic acid groups (broad SMARTS) is 1. The third-order valence-corrected chi connectivity index (χ3v) is 2.22. The molecule has 0 saturated carbocycles. The van der Waals surface area contributed by atoms with Gasteiger partial charge in [-0.3, -0.25) is 4.79 Å². The first-order valence-corrected chi connectivity index (χ1v) is 5.64. The minimum Gasteiger partial charge on any atom is -0.480 e. The number of hydrogen-bond acceptors (Lipinski definition) is 2. The second-order valence-corrected chi connectivity index (χ2v) is 3.70. The van der Waals surface area contributed by atoms with Crippen LogP contribution in [0.25, 0.3) is 0 Å². The molecule has 2 N–H and O–H groups in total. The molecule has 0 saturated heterocycles. The molecule has 0 aromatic carbocycles. The average molecular weight is 215 g/mol. The zero-order chi connectivity index (χ0) is 11.7. The Morgan fingerprint density at radius 2 is 1.87 bits per heavy atom. The van der Waals surface area contributed by atoms with Gasteiger partial charge in [0.15, 0.2) is 0 Å². The average Bonchev–Trinajstić information content (AvgIpc) is 2.17. The van der Waals surface area contributed by atoms with Gasteiger partial charge >= 0.3 is 5.97 Å². The largest absolute Gasteiger partial charge is 0.480 e. The van der Waals surface area contributed by atoms with Gasteiger partial charge in [0.1, 0.15) is 6.04 Å². The number of amides is 1. The van der Waals surface area contributed by atoms with E-state index in [-0.39, 0.29) is 5.91 Å². The first-order chi connectivity index (χ1) is 7.11. The lowest BCUT2D eigenvalue weighted by molar-refractivity contribution is -0.142. The van der Waals surface area contributed by atoms with Crippen molar-refractivity contribution in [3.8, 4) is 0 Å². The second kappa shape index (κ2) is 8.26. The maximum atomic E-state index is 11.3. The van der Waals surface area contributed by atoms with Crippen LogP contribution in [-0.2, 0) is 9.59 Å². The molecule has 0 radical (unpaired) electrons. The van der Waals surface area contributed by atoms with Crippen molar-refractivity contribution < 1.29 is 14.7 Å². The van der Waals surface area contributed by atoms with Crippen LogP contribution >= 0.6 is 0 Å². The Balaban J connectivity index is 3.84. The zero-order valence-electron chi connectivity index (χ0n) is 9.58. The van der Waals surface area contributed by atoms with E-state index in [0.717, 1.165) is 25.7 Å². The summed E-state index contributed by atoms with van der Waals surface area (Å²) in [7, 11) is 0. The van der Waals surface area contributed by atoms with E-state index in [0.29, 0.717) is 12.8 Å². The minimum absolute atomic E-state index is 0.149. The van der Waals surface area contributed by atoms with Crippen molar-refractivity contribution in [1.82, 2.24) is 5.32 Å². The Morgan fingerprint density at radius 3 is 2.33 bits per heavy atom. The summed E-state index contributed by atoms with van der Waals surface area (Å²) in [6.07, 6.45) is 4.59. The van der Waals surface area contributed by atoms with Crippen LogP contribution in [0, 0.1) is 0 Å². The second-order valence-electron chi connectivity index (χ2n) is 3.70. The molecule has 0 aromatic heterocycles. The molecule has 4 nitrogen and oxygen atoms in total. The highest BCUT2D eigenvalue weighted by Gasteiger charge is 2.17. The number of aliphatic carboxylic acids is 1. The fourth-order valence-electron chi connectivity index (χ4n) is 1.35. The molecule has 0 aromatic rings.